The van der Waals surface area contributed by atoms with Crippen LogP contribution in [0.1, 0.15) is 5.56 Å². The number of aliphatic imine (C=N–C) groups is 1. The van der Waals surface area contributed by atoms with Crippen molar-refractivity contribution < 1.29 is 0 Å². The summed E-state index contributed by atoms with van der Waals surface area (Å²) >= 11 is 1.75. The fraction of sp³-hybridized carbons (Fsp3) is 0.278. The van der Waals surface area contributed by atoms with E-state index in [1.165, 1.54) is 10.5 Å². The van der Waals surface area contributed by atoms with Gasteiger partial charge in [0, 0.05) is 42.3 Å². The highest BCUT2D eigenvalue weighted by Crippen LogP contribution is 2.37. The maximum absolute atomic E-state index is 5.05. The lowest BCUT2D eigenvalue weighted by Crippen LogP contribution is -2.46. The van der Waals surface area contributed by atoms with Gasteiger partial charge in [-0.25, -0.2) is 4.99 Å². The van der Waals surface area contributed by atoms with Gasteiger partial charge < -0.3 is 15.5 Å². The van der Waals surface area contributed by atoms with Crippen molar-refractivity contribution >= 4 is 34.7 Å². The number of amidine groups is 1. The van der Waals surface area contributed by atoms with Crippen LogP contribution in [0.3, 0.4) is 0 Å². The van der Waals surface area contributed by atoms with Crippen molar-refractivity contribution in [3.05, 3.63) is 48.0 Å². The van der Waals surface area contributed by atoms with Crippen molar-refractivity contribution in [3.63, 3.8) is 0 Å². The molecular weight excluding hydrogens is 304 g/mol. The van der Waals surface area contributed by atoms with Gasteiger partial charge in [0.05, 0.1) is 11.4 Å². The Morgan fingerprint density at radius 3 is 2.70 bits per heavy atom. The second kappa shape index (κ2) is 6.26. The van der Waals surface area contributed by atoms with Crippen LogP contribution < -0.4 is 10.6 Å². The molecule has 0 radical (unpaired) electrons. The van der Waals surface area contributed by atoms with Crippen molar-refractivity contribution in [1.82, 2.24) is 10.2 Å². The van der Waals surface area contributed by atoms with Crippen LogP contribution in [-0.2, 0) is 0 Å². The standard InChI is InChI=1S/C18H20N4S/c1-23-13-6-7-16-17(12-13)21-18(22-10-8-19-9-11-22)14-4-2-3-5-15(14)20-16/h2-7,12,19-20H,8-11H2,1H3. The van der Waals surface area contributed by atoms with Gasteiger partial charge in [-0.15, -0.1) is 11.8 Å². The molecule has 2 aliphatic rings. The van der Waals surface area contributed by atoms with Crippen LogP contribution in [0.2, 0.25) is 0 Å². The first kappa shape index (κ1) is 14.6. The Bertz CT molecular complexity index is 750. The minimum Gasteiger partial charge on any atom is -0.353 e. The number of thioether (sulfide) groups is 1. The third kappa shape index (κ3) is 2.82. The Hall–Kier alpha value is -1.98. The van der Waals surface area contributed by atoms with Gasteiger partial charge in [-0.2, -0.15) is 0 Å². The normalized spacial score (nSPS) is 16.7. The summed E-state index contributed by atoms with van der Waals surface area (Å²) in [7, 11) is 0. The number of anilines is 2. The summed E-state index contributed by atoms with van der Waals surface area (Å²) in [4.78, 5) is 8.67. The molecule has 0 unspecified atom stereocenters. The smallest absolute Gasteiger partial charge is 0.138 e. The van der Waals surface area contributed by atoms with Gasteiger partial charge >= 0.3 is 0 Å². The average molecular weight is 324 g/mol. The maximum Gasteiger partial charge on any atom is 0.138 e. The fourth-order valence-corrected chi connectivity index (χ4v) is 3.49. The molecule has 5 heteroatoms. The third-order valence-electron chi connectivity index (χ3n) is 4.29. The Labute approximate surface area is 141 Å². The molecule has 4 rings (SSSR count). The molecular formula is C18H20N4S. The van der Waals surface area contributed by atoms with Crippen molar-refractivity contribution in [1.29, 1.82) is 0 Å². The summed E-state index contributed by atoms with van der Waals surface area (Å²) in [6.45, 7) is 3.99. The first-order valence-electron chi connectivity index (χ1n) is 7.94. The number of hydrogen-bond donors (Lipinski definition) is 2. The van der Waals surface area contributed by atoms with Gasteiger partial charge in [0.2, 0.25) is 0 Å². The minimum atomic E-state index is 0.991. The topological polar surface area (TPSA) is 39.7 Å². The number of benzene rings is 2. The molecule has 0 saturated carbocycles. The van der Waals surface area contributed by atoms with E-state index in [4.69, 9.17) is 4.99 Å². The van der Waals surface area contributed by atoms with E-state index >= 15 is 0 Å². The number of rotatable bonds is 1. The highest BCUT2D eigenvalue weighted by atomic mass is 32.2. The van der Waals surface area contributed by atoms with Crippen LogP contribution in [0.25, 0.3) is 0 Å². The molecule has 2 aliphatic heterocycles. The first-order chi connectivity index (χ1) is 11.3. The molecule has 4 nitrogen and oxygen atoms in total. The SMILES string of the molecule is CSc1ccc2c(c1)N=C(N1CCNCC1)c1ccccc1N2. The molecule has 0 spiro atoms. The Kier molecular flexibility index (Phi) is 3.97. The van der Waals surface area contributed by atoms with Gasteiger partial charge in [0.1, 0.15) is 5.84 Å². The van der Waals surface area contributed by atoms with Gasteiger partial charge in [-0.1, -0.05) is 12.1 Å². The van der Waals surface area contributed by atoms with Crippen LogP contribution in [0, 0.1) is 0 Å². The van der Waals surface area contributed by atoms with Crippen LogP contribution in [0.15, 0.2) is 52.4 Å². The molecule has 0 bridgehead atoms. The van der Waals surface area contributed by atoms with Crippen molar-refractivity contribution in [2.75, 3.05) is 37.8 Å². The van der Waals surface area contributed by atoms with Gasteiger partial charge in [0.25, 0.3) is 0 Å². The van der Waals surface area contributed by atoms with Crippen LogP contribution >= 0.6 is 11.8 Å². The summed E-state index contributed by atoms with van der Waals surface area (Å²) in [5.41, 5.74) is 4.39. The molecule has 1 saturated heterocycles. The van der Waals surface area contributed by atoms with E-state index in [-0.39, 0.29) is 0 Å². The lowest BCUT2D eigenvalue weighted by atomic mass is 10.1. The lowest BCUT2D eigenvalue weighted by molar-refractivity contribution is 0.358. The third-order valence-corrected chi connectivity index (χ3v) is 5.01. The summed E-state index contributed by atoms with van der Waals surface area (Å²) in [5.74, 6) is 1.08. The van der Waals surface area contributed by atoms with Crippen molar-refractivity contribution in [2.45, 2.75) is 4.90 Å². The number of nitrogens with one attached hydrogen (secondary N) is 2. The van der Waals surface area contributed by atoms with E-state index in [1.54, 1.807) is 11.8 Å². The molecule has 23 heavy (non-hydrogen) atoms. The Morgan fingerprint density at radius 1 is 1.04 bits per heavy atom. The molecule has 0 amide bonds. The average Bonchev–Trinajstić information content (AvgIpc) is 2.78. The van der Waals surface area contributed by atoms with Crippen molar-refractivity contribution in [3.8, 4) is 0 Å². The molecule has 118 valence electrons. The number of para-hydroxylation sites is 1. The van der Waals surface area contributed by atoms with E-state index in [9.17, 15) is 0 Å². The lowest BCUT2D eigenvalue weighted by Gasteiger charge is -2.30. The largest absolute Gasteiger partial charge is 0.353 e. The van der Waals surface area contributed by atoms with E-state index in [0.717, 1.165) is 49.1 Å². The van der Waals surface area contributed by atoms with E-state index < -0.39 is 0 Å². The number of piperazine rings is 1. The molecule has 2 aromatic rings. The van der Waals surface area contributed by atoms with Crippen molar-refractivity contribution in [2.24, 2.45) is 4.99 Å². The summed E-state index contributed by atoms with van der Waals surface area (Å²) in [6, 6.07) is 14.9. The highest BCUT2D eigenvalue weighted by Gasteiger charge is 2.22. The van der Waals surface area contributed by atoms with E-state index in [1.807, 2.05) is 0 Å². The maximum atomic E-state index is 5.05. The Morgan fingerprint density at radius 2 is 1.87 bits per heavy atom. The second-order valence-electron chi connectivity index (χ2n) is 5.73. The zero-order valence-corrected chi connectivity index (χ0v) is 14.0. The zero-order chi connectivity index (χ0) is 15.6. The molecule has 1 fully saturated rings. The first-order valence-corrected chi connectivity index (χ1v) is 9.16. The van der Waals surface area contributed by atoms with Gasteiger partial charge in [-0.05, 0) is 36.6 Å². The number of fused-ring (bicyclic) bond motifs is 2. The molecule has 0 aromatic heterocycles. The van der Waals surface area contributed by atoms with E-state index in [0.29, 0.717) is 0 Å². The molecule has 0 atom stereocenters. The molecule has 0 aliphatic carbocycles. The van der Waals surface area contributed by atoms with E-state index in [2.05, 4.69) is 64.3 Å². The fourth-order valence-electron chi connectivity index (χ4n) is 3.06. The van der Waals surface area contributed by atoms with Gasteiger partial charge in [-0.3, -0.25) is 0 Å². The van der Waals surface area contributed by atoms with Gasteiger partial charge in [0.15, 0.2) is 0 Å². The summed E-state index contributed by atoms with van der Waals surface area (Å²) in [6.07, 6.45) is 2.10. The predicted molar refractivity (Wildman–Crippen MR) is 98.6 cm³/mol. The van der Waals surface area contributed by atoms with Crippen LogP contribution in [0.4, 0.5) is 17.1 Å². The highest BCUT2D eigenvalue weighted by molar-refractivity contribution is 7.98. The Balaban J connectivity index is 1.86. The monoisotopic (exact) mass is 324 g/mol. The predicted octanol–water partition coefficient (Wildman–Crippen LogP) is 3.45. The quantitative estimate of drug-likeness (QED) is 0.788. The van der Waals surface area contributed by atoms with Crippen LogP contribution in [-0.4, -0.2) is 43.2 Å². The minimum absolute atomic E-state index is 0.991. The molecule has 2 aromatic carbocycles. The molecule has 2 N–H and O–H groups in total. The second-order valence-corrected chi connectivity index (χ2v) is 6.61. The number of nitrogens with zero attached hydrogens (tertiary/aromatic N) is 2. The summed E-state index contributed by atoms with van der Waals surface area (Å²) in [5, 5.41) is 6.97. The summed E-state index contributed by atoms with van der Waals surface area (Å²) < 4.78 is 0. The van der Waals surface area contributed by atoms with Crippen LogP contribution in [0.5, 0.6) is 0 Å². The number of hydrogen-bond acceptors (Lipinski definition) is 5. The molecule has 2 heterocycles. The zero-order valence-electron chi connectivity index (χ0n) is 13.2.